The van der Waals surface area contributed by atoms with Gasteiger partial charge in [-0.3, -0.25) is 4.90 Å². The lowest BCUT2D eigenvalue weighted by Gasteiger charge is -2.28. The minimum atomic E-state index is 0.290. The van der Waals surface area contributed by atoms with Crippen LogP contribution in [0.3, 0.4) is 0 Å². The highest BCUT2D eigenvalue weighted by Crippen LogP contribution is 2.28. The first-order chi connectivity index (χ1) is 12.2. The molecule has 132 valence electrons. The maximum absolute atomic E-state index is 5.67. The molecule has 3 aromatic heterocycles. The first-order valence-electron chi connectivity index (χ1n) is 8.61. The van der Waals surface area contributed by atoms with Crippen LogP contribution in [0.5, 0.6) is 0 Å². The van der Waals surface area contributed by atoms with Crippen molar-refractivity contribution in [3.8, 4) is 11.7 Å². The van der Waals surface area contributed by atoms with E-state index >= 15 is 0 Å². The molecule has 1 saturated heterocycles. The van der Waals surface area contributed by atoms with Crippen LogP contribution in [0.4, 0.5) is 0 Å². The van der Waals surface area contributed by atoms with Gasteiger partial charge in [-0.05, 0) is 38.1 Å². The van der Waals surface area contributed by atoms with E-state index < -0.39 is 0 Å². The van der Waals surface area contributed by atoms with Crippen molar-refractivity contribution in [2.45, 2.75) is 45.1 Å². The molecule has 1 aliphatic rings. The van der Waals surface area contributed by atoms with E-state index in [1.54, 1.807) is 18.4 Å². The first kappa shape index (κ1) is 16.0. The van der Waals surface area contributed by atoms with Crippen molar-refractivity contribution in [1.29, 1.82) is 0 Å². The lowest BCUT2D eigenvalue weighted by Crippen LogP contribution is -2.32. The summed E-state index contributed by atoms with van der Waals surface area (Å²) < 4.78 is 16.4. The molecule has 1 fully saturated rings. The van der Waals surface area contributed by atoms with E-state index in [1.165, 1.54) is 0 Å². The summed E-state index contributed by atoms with van der Waals surface area (Å²) in [6, 6.07) is 3.60. The minimum absolute atomic E-state index is 0.290. The Morgan fingerprint density at radius 3 is 2.76 bits per heavy atom. The molecule has 0 spiro atoms. The second kappa shape index (κ2) is 6.79. The van der Waals surface area contributed by atoms with Gasteiger partial charge in [-0.25, -0.2) is 0 Å². The van der Waals surface area contributed by atoms with Gasteiger partial charge in [0, 0.05) is 11.8 Å². The second-order valence-corrected chi connectivity index (χ2v) is 6.67. The van der Waals surface area contributed by atoms with E-state index in [4.69, 9.17) is 13.4 Å². The van der Waals surface area contributed by atoms with Crippen LogP contribution < -0.4 is 0 Å². The van der Waals surface area contributed by atoms with E-state index in [0.717, 1.165) is 37.6 Å². The zero-order valence-corrected chi connectivity index (χ0v) is 14.4. The molecule has 0 bridgehead atoms. The standard InChI is InChI=1S/C17H21N5O3/c1-11(2)15-18-16(25-21-15)12-5-7-22(8-6-12)10-14-19-20-17(24-14)13-4-3-9-23-13/h3-4,9,11-12H,5-8,10H2,1-2H3. The minimum Gasteiger partial charge on any atom is -0.459 e. The van der Waals surface area contributed by atoms with Gasteiger partial charge in [-0.1, -0.05) is 19.0 Å². The number of likely N-dealkylation sites (tertiary alicyclic amines) is 1. The van der Waals surface area contributed by atoms with Crippen LogP contribution in [0.2, 0.25) is 0 Å². The predicted molar refractivity (Wildman–Crippen MR) is 87.6 cm³/mol. The highest BCUT2D eigenvalue weighted by Gasteiger charge is 2.26. The highest BCUT2D eigenvalue weighted by molar-refractivity contribution is 5.42. The summed E-state index contributed by atoms with van der Waals surface area (Å²) >= 11 is 0. The second-order valence-electron chi connectivity index (χ2n) is 6.67. The molecule has 4 rings (SSSR count). The molecule has 0 atom stereocenters. The Kier molecular flexibility index (Phi) is 4.35. The Morgan fingerprint density at radius 2 is 2.08 bits per heavy atom. The van der Waals surface area contributed by atoms with Crippen molar-refractivity contribution in [3.63, 3.8) is 0 Å². The zero-order chi connectivity index (χ0) is 17.2. The molecule has 8 nitrogen and oxygen atoms in total. The number of aromatic nitrogens is 4. The third-order valence-electron chi connectivity index (χ3n) is 4.47. The maximum Gasteiger partial charge on any atom is 0.283 e. The van der Waals surface area contributed by atoms with Crippen LogP contribution >= 0.6 is 0 Å². The molecule has 0 aromatic carbocycles. The van der Waals surface area contributed by atoms with E-state index in [0.29, 0.717) is 35.9 Å². The van der Waals surface area contributed by atoms with Crippen LogP contribution in [0, 0.1) is 0 Å². The number of rotatable bonds is 5. The molecule has 0 saturated carbocycles. The number of piperidine rings is 1. The smallest absolute Gasteiger partial charge is 0.283 e. The van der Waals surface area contributed by atoms with Crippen LogP contribution in [0.15, 0.2) is 31.8 Å². The Labute approximate surface area is 145 Å². The molecule has 0 N–H and O–H groups in total. The fourth-order valence-corrected chi connectivity index (χ4v) is 2.99. The number of nitrogens with zero attached hydrogens (tertiary/aromatic N) is 5. The molecular formula is C17H21N5O3. The largest absolute Gasteiger partial charge is 0.459 e. The van der Waals surface area contributed by atoms with E-state index in [-0.39, 0.29) is 0 Å². The van der Waals surface area contributed by atoms with Gasteiger partial charge in [0.1, 0.15) is 0 Å². The summed E-state index contributed by atoms with van der Waals surface area (Å²) in [6.45, 7) is 6.64. The zero-order valence-electron chi connectivity index (χ0n) is 14.4. The Hall–Kier alpha value is -2.48. The average molecular weight is 343 g/mol. The van der Waals surface area contributed by atoms with Crippen LogP contribution in [0.25, 0.3) is 11.7 Å². The summed E-state index contributed by atoms with van der Waals surface area (Å²) in [4.78, 5) is 6.83. The van der Waals surface area contributed by atoms with Crippen LogP contribution in [-0.4, -0.2) is 38.3 Å². The summed E-state index contributed by atoms with van der Waals surface area (Å²) in [6.07, 6.45) is 3.56. The number of hydrogen-bond acceptors (Lipinski definition) is 8. The average Bonchev–Trinajstić information content (AvgIpc) is 3.36. The molecule has 0 aliphatic carbocycles. The van der Waals surface area contributed by atoms with E-state index in [1.807, 2.05) is 0 Å². The topological polar surface area (TPSA) is 94.2 Å². The van der Waals surface area contributed by atoms with Crippen molar-refractivity contribution in [3.05, 3.63) is 36.0 Å². The van der Waals surface area contributed by atoms with Crippen molar-refractivity contribution < 1.29 is 13.4 Å². The summed E-state index contributed by atoms with van der Waals surface area (Å²) in [5, 5.41) is 12.2. The fourth-order valence-electron chi connectivity index (χ4n) is 2.99. The predicted octanol–water partition coefficient (Wildman–Crippen LogP) is 3.22. The van der Waals surface area contributed by atoms with Gasteiger partial charge in [0.15, 0.2) is 11.6 Å². The van der Waals surface area contributed by atoms with Gasteiger partial charge in [0.05, 0.1) is 12.8 Å². The molecule has 0 unspecified atom stereocenters. The number of furan rings is 1. The normalized spacial score (nSPS) is 16.8. The van der Waals surface area contributed by atoms with Gasteiger partial charge < -0.3 is 13.4 Å². The Balaban J connectivity index is 1.33. The summed E-state index contributed by atoms with van der Waals surface area (Å²) in [7, 11) is 0. The van der Waals surface area contributed by atoms with Gasteiger partial charge >= 0.3 is 0 Å². The van der Waals surface area contributed by atoms with Gasteiger partial charge in [0.25, 0.3) is 5.89 Å². The SMILES string of the molecule is CC(C)c1noc(C2CCN(Cc3nnc(-c4ccco4)o3)CC2)n1. The third kappa shape index (κ3) is 3.48. The first-order valence-corrected chi connectivity index (χ1v) is 8.61. The maximum atomic E-state index is 5.67. The molecular weight excluding hydrogens is 322 g/mol. The van der Waals surface area contributed by atoms with Crippen molar-refractivity contribution in [2.24, 2.45) is 0 Å². The molecule has 4 heterocycles. The van der Waals surface area contributed by atoms with Crippen molar-refractivity contribution in [1.82, 2.24) is 25.2 Å². The van der Waals surface area contributed by atoms with E-state index in [9.17, 15) is 0 Å². The molecule has 3 aromatic rings. The van der Waals surface area contributed by atoms with Gasteiger partial charge in [-0.15, -0.1) is 10.2 Å². The lowest BCUT2D eigenvalue weighted by molar-refractivity contribution is 0.174. The Morgan fingerprint density at radius 1 is 1.24 bits per heavy atom. The third-order valence-corrected chi connectivity index (χ3v) is 4.47. The molecule has 8 heteroatoms. The fraction of sp³-hybridized carbons (Fsp3) is 0.529. The number of hydrogen-bond donors (Lipinski definition) is 0. The van der Waals surface area contributed by atoms with Crippen LogP contribution in [-0.2, 0) is 6.54 Å². The quantitative estimate of drug-likeness (QED) is 0.697. The lowest BCUT2D eigenvalue weighted by atomic mass is 9.97. The van der Waals surface area contributed by atoms with Gasteiger partial charge in [-0.2, -0.15) is 4.98 Å². The monoisotopic (exact) mass is 343 g/mol. The molecule has 25 heavy (non-hydrogen) atoms. The summed E-state index contributed by atoms with van der Waals surface area (Å²) in [5.74, 6) is 3.78. The van der Waals surface area contributed by atoms with Crippen LogP contribution in [0.1, 0.15) is 56.1 Å². The highest BCUT2D eigenvalue weighted by atomic mass is 16.5. The molecule has 0 radical (unpaired) electrons. The molecule has 1 aliphatic heterocycles. The van der Waals surface area contributed by atoms with E-state index in [2.05, 4.69) is 39.1 Å². The Bertz CT molecular complexity index is 800. The summed E-state index contributed by atoms with van der Waals surface area (Å²) in [5.41, 5.74) is 0. The van der Waals surface area contributed by atoms with Crippen molar-refractivity contribution in [2.75, 3.05) is 13.1 Å². The van der Waals surface area contributed by atoms with Gasteiger partial charge in [0.2, 0.25) is 11.8 Å². The van der Waals surface area contributed by atoms with Crippen molar-refractivity contribution >= 4 is 0 Å². The molecule has 0 amide bonds.